The second-order valence-electron chi connectivity index (χ2n) is 5.25. The molecule has 0 spiro atoms. The Hall–Kier alpha value is -2.29. The Kier molecular flexibility index (Phi) is 4.63. The van der Waals surface area contributed by atoms with Crippen LogP contribution in [0.3, 0.4) is 0 Å². The molecule has 0 amide bonds. The lowest BCUT2D eigenvalue weighted by molar-refractivity contribution is 0.101. The van der Waals surface area contributed by atoms with Crippen LogP contribution in [-0.4, -0.2) is 5.78 Å². The number of rotatable bonds is 5. The van der Waals surface area contributed by atoms with E-state index in [1.165, 1.54) is 12.5 Å². The summed E-state index contributed by atoms with van der Waals surface area (Å²) in [5.74, 6) is 1.86. The average molecular weight is 283 g/mol. The highest BCUT2D eigenvalue weighted by molar-refractivity contribution is 5.99. The first-order chi connectivity index (χ1) is 10.0. The molecule has 3 heteroatoms. The van der Waals surface area contributed by atoms with Gasteiger partial charge in [-0.3, -0.25) is 4.79 Å². The van der Waals surface area contributed by atoms with E-state index in [2.05, 4.69) is 19.9 Å². The van der Waals surface area contributed by atoms with Crippen LogP contribution < -0.4 is 10.5 Å². The van der Waals surface area contributed by atoms with E-state index in [0.29, 0.717) is 22.9 Å². The zero-order chi connectivity index (χ0) is 15.4. The van der Waals surface area contributed by atoms with Crippen molar-refractivity contribution in [2.45, 2.75) is 33.1 Å². The quantitative estimate of drug-likeness (QED) is 0.634. The molecule has 2 N–H and O–H groups in total. The Bertz CT molecular complexity index is 649. The molecule has 0 aliphatic carbocycles. The van der Waals surface area contributed by atoms with E-state index >= 15 is 0 Å². The highest BCUT2D eigenvalue weighted by Crippen LogP contribution is 2.33. The fraction of sp³-hybridized carbons (Fsp3) is 0.278. The van der Waals surface area contributed by atoms with Crippen molar-refractivity contribution in [3.05, 3.63) is 53.6 Å². The third-order valence-corrected chi connectivity index (χ3v) is 3.69. The number of benzene rings is 2. The highest BCUT2D eigenvalue weighted by Gasteiger charge is 2.11. The second kappa shape index (κ2) is 6.44. The molecule has 1 atom stereocenters. The maximum absolute atomic E-state index is 11.4. The first-order valence-corrected chi connectivity index (χ1v) is 7.20. The van der Waals surface area contributed by atoms with Crippen LogP contribution in [-0.2, 0) is 0 Å². The van der Waals surface area contributed by atoms with Crippen LogP contribution in [0.2, 0.25) is 0 Å². The number of nitrogen functional groups attached to an aromatic ring is 1. The fourth-order valence-corrected chi connectivity index (χ4v) is 2.25. The number of anilines is 1. The number of hydrogen-bond donors (Lipinski definition) is 1. The molecule has 0 saturated heterocycles. The molecule has 0 saturated carbocycles. The molecule has 0 heterocycles. The molecule has 0 aromatic heterocycles. The summed E-state index contributed by atoms with van der Waals surface area (Å²) in [6, 6.07) is 13.2. The van der Waals surface area contributed by atoms with Gasteiger partial charge < -0.3 is 10.5 Å². The van der Waals surface area contributed by atoms with Crippen LogP contribution in [0.1, 0.15) is 49.0 Å². The minimum atomic E-state index is -0.0425. The van der Waals surface area contributed by atoms with Gasteiger partial charge in [-0.1, -0.05) is 32.0 Å². The Morgan fingerprint density at radius 1 is 1.24 bits per heavy atom. The maximum atomic E-state index is 11.4. The molecular formula is C18H21NO2. The number of ketones is 1. The lowest BCUT2D eigenvalue weighted by atomic mass is 9.98. The SMILES string of the molecule is CCC(C)c1ccccc1Oc1ccc(C(C)=O)c(N)c1. The first-order valence-electron chi connectivity index (χ1n) is 7.20. The summed E-state index contributed by atoms with van der Waals surface area (Å²) < 4.78 is 5.96. The van der Waals surface area contributed by atoms with Gasteiger partial charge in [-0.2, -0.15) is 0 Å². The van der Waals surface area contributed by atoms with Gasteiger partial charge in [0, 0.05) is 17.3 Å². The molecule has 0 bridgehead atoms. The highest BCUT2D eigenvalue weighted by atomic mass is 16.5. The topological polar surface area (TPSA) is 52.3 Å². The fourth-order valence-electron chi connectivity index (χ4n) is 2.25. The van der Waals surface area contributed by atoms with Crippen molar-refractivity contribution in [3.63, 3.8) is 0 Å². The zero-order valence-corrected chi connectivity index (χ0v) is 12.7. The smallest absolute Gasteiger partial charge is 0.161 e. The Morgan fingerprint density at radius 3 is 2.57 bits per heavy atom. The number of carbonyl (C=O) groups is 1. The number of Topliss-reactive ketones (excluding diaryl/α,β-unsaturated/α-hetero) is 1. The molecule has 2 aromatic rings. The molecule has 1 unspecified atom stereocenters. The standard InChI is InChI=1S/C18H21NO2/c1-4-12(2)15-7-5-6-8-18(15)21-14-9-10-16(13(3)20)17(19)11-14/h5-12H,4,19H2,1-3H3. The van der Waals surface area contributed by atoms with E-state index in [9.17, 15) is 4.79 Å². The van der Waals surface area contributed by atoms with Crippen LogP contribution in [0.15, 0.2) is 42.5 Å². The predicted octanol–water partition coefficient (Wildman–Crippen LogP) is 4.78. The molecule has 21 heavy (non-hydrogen) atoms. The van der Waals surface area contributed by atoms with E-state index in [-0.39, 0.29) is 5.78 Å². The summed E-state index contributed by atoms with van der Waals surface area (Å²) in [6.07, 6.45) is 1.05. The van der Waals surface area contributed by atoms with Gasteiger partial charge in [0.1, 0.15) is 11.5 Å². The Balaban J connectivity index is 2.31. The summed E-state index contributed by atoms with van der Waals surface area (Å²) in [4.78, 5) is 11.4. The van der Waals surface area contributed by atoms with Gasteiger partial charge in [0.2, 0.25) is 0 Å². The number of ether oxygens (including phenoxy) is 1. The monoisotopic (exact) mass is 283 g/mol. The van der Waals surface area contributed by atoms with Crippen LogP contribution in [0.5, 0.6) is 11.5 Å². The van der Waals surface area contributed by atoms with Crippen molar-refractivity contribution in [2.75, 3.05) is 5.73 Å². The van der Waals surface area contributed by atoms with E-state index in [4.69, 9.17) is 10.5 Å². The van der Waals surface area contributed by atoms with E-state index < -0.39 is 0 Å². The van der Waals surface area contributed by atoms with E-state index in [1.807, 2.05) is 18.2 Å². The van der Waals surface area contributed by atoms with Crippen molar-refractivity contribution in [2.24, 2.45) is 0 Å². The molecule has 3 nitrogen and oxygen atoms in total. The van der Waals surface area contributed by atoms with Crippen LogP contribution >= 0.6 is 0 Å². The van der Waals surface area contributed by atoms with Crippen molar-refractivity contribution < 1.29 is 9.53 Å². The number of hydrogen-bond acceptors (Lipinski definition) is 3. The lowest BCUT2D eigenvalue weighted by Gasteiger charge is -2.16. The van der Waals surface area contributed by atoms with Gasteiger partial charge in [-0.15, -0.1) is 0 Å². The third-order valence-electron chi connectivity index (χ3n) is 3.69. The average Bonchev–Trinajstić information content (AvgIpc) is 2.46. The molecule has 2 rings (SSSR count). The summed E-state index contributed by atoms with van der Waals surface area (Å²) in [7, 11) is 0. The first kappa shape index (κ1) is 15.1. The third kappa shape index (κ3) is 3.43. The largest absolute Gasteiger partial charge is 0.457 e. The second-order valence-corrected chi connectivity index (χ2v) is 5.25. The molecule has 110 valence electrons. The van der Waals surface area contributed by atoms with Crippen molar-refractivity contribution >= 4 is 11.5 Å². The molecule has 2 aromatic carbocycles. The molecule has 0 aliphatic heterocycles. The maximum Gasteiger partial charge on any atom is 0.161 e. The number of carbonyl (C=O) groups excluding carboxylic acids is 1. The molecule has 0 radical (unpaired) electrons. The van der Waals surface area contributed by atoms with Gasteiger partial charge in [0.25, 0.3) is 0 Å². The lowest BCUT2D eigenvalue weighted by Crippen LogP contribution is -2.00. The van der Waals surface area contributed by atoms with Gasteiger partial charge >= 0.3 is 0 Å². The zero-order valence-electron chi connectivity index (χ0n) is 12.7. The van der Waals surface area contributed by atoms with Crippen LogP contribution in [0, 0.1) is 0 Å². The van der Waals surface area contributed by atoms with Gasteiger partial charge in [-0.05, 0) is 43.0 Å². The van der Waals surface area contributed by atoms with Gasteiger partial charge in [0.15, 0.2) is 5.78 Å². The summed E-state index contributed by atoms with van der Waals surface area (Å²) in [5, 5.41) is 0. The van der Waals surface area contributed by atoms with Crippen molar-refractivity contribution in [1.29, 1.82) is 0 Å². The minimum Gasteiger partial charge on any atom is -0.457 e. The summed E-state index contributed by atoms with van der Waals surface area (Å²) in [6.45, 7) is 5.83. The Morgan fingerprint density at radius 2 is 1.95 bits per heavy atom. The van der Waals surface area contributed by atoms with Gasteiger partial charge in [0.05, 0.1) is 0 Å². The van der Waals surface area contributed by atoms with Crippen LogP contribution in [0.4, 0.5) is 5.69 Å². The normalized spacial score (nSPS) is 12.0. The predicted molar refractivity (Wildman–Crippen MR) is 86.1 cm³/mol. The molecule has 0 aliphatic rings. The molecule has 0 fully saturated rings. The van der Waals surface area contributed by atoms with Crippen molar-refractivity contribution in [1.82, 2.24) is 0 Å². The van der Waals surface area contributed by atoms with Crippen LogP contribution in [0.25, 0.3) is 0 Å². The number of nitrogens with two attached hydrogens (primary N) is 1. The number of para-hydroxylation sites is 1. The van der Waals surface area contributed by atoms with E-state index in [0.717, 1.165) is 12.2 Å². The summed E-state index contributed by atoms with van der Waals surface area (Å²) >= 11 is 0. The van der Waals surface area contributed by atoms with E-state index in [1.54, 1.807) is 18.2 Å². The molecular weight excluding hydrogens is 262 g/mol. The summed E-state index contributed by atoms with van der Waals surface area (Å²) in [5.41, 5.74) is 8.05. The minimum absolute atomic E-state index is 0.0425. The van der Waals surface area contributed by atoms with Gasteiger partial charge in [-0.25, -0.2) is 0 Å². The van der Waals surface area contributed by atoms with Crippen molar-refractivity contribution in [3.8, 4) is 11.5 Å². The Labute approximate surface area is 125 Å².